The largest absolute Gasteiger partial charge is 0.439 e. The summed E-state index contributed by atoms with van der Waals surface area (Å²) in [6.45, 7) is 3.26. The zero-order valence-electron chi connectivity index (χ0n) is 12.7. The Morgan fingerprint density at radius 2 is 2.00 bits per heavy atom. The molecule has 0 unspecified atom stereocenters. The minimum atomic E-state index is -0.116. The summed E-state index contributed by atoms with van der Waals surface area (Å²) in [5.41, 5.74) is 0.711. The van der Waals surface area contributed by atoms with Crippen molar-refractivity contribution in [1.29, 1.82) is 0 Å². The predicted molar refractivity (Wildman–Crippen MR) is 84.7 cm³/mol. The maximum Gasteiger partial charge on any atom is 0.224 e. The van der Waals surface area contributed by atoms with Crippen molar-refractivity contribution in [2.45, 2.75) is 13.8 Å². The molecule has 0 radical (unpaired) electrons. The summed E-state index contributed by atoms with van der Waals surface area (Å²) in [6, 6.07) is 8.79. The second-order valence-electron chi connectivity index (χ2n) is 4.89. The average molecular weight is 309 g/mol. The van der Waals surface area contributed by atoms with Gasteiger partial charge in [0.1, 0.15) is 23.7 Å². The first-order valence-corrected chi connectivity index (χ1v) is 7.00. The second-order valence-corrected chi connectivity index (χ2v) is 4.89. The summed E-state index contributed by atoms with van der Waals surface area (Å²) in [4.78, 5) is 23.6. The first-order chi connectivity index (χ1) is 11.1. The molecule has 116 valence electrons. The highest BCUT2D eigenvalue weighted by atomic mass is 16.5. The molecule has 3 rings (SSSR count). The molecule has 2 aromatic heterocycles. The Bertz CT molecular complexity index is 813. The van der Waals surface area contributed by atoms with Crippen LogP contribution in [0.25, 0.3) is 5.82 Å². The van der Waals surface area contributed by atoms with Crippen LogP contribution < -0.4 is 10.1 Å². The molecule has 0 aliphatic heterocycles. The van der Waals surface area contributed by atoms with E-state index < -0.39 is 0 Å². The molecule has 7 heteroatoms. The summed E-state index contributed by atoms with van der Waals surface area (Å²) >= 11 is 0. The van der Waals surface area contributed by atoms with Crippen molar-refractivity contribution >= 4 is 11.6 Å². The molecular formula is C16H15N5O2. The first-order valence-electron chi connectivity index (χ1n) is 7.00. The Hall–Kier alpha value is -3.22. The van der Waals surface area contributed by atoms with Gasteiger partial charge in [-0.3, -0.25) is 9.36 Å². The standard InChI is InChI=1S/C16H15N5O2/c1-11-18-15(21-8-7-17-10-21)9-16(19-11)23-14-5-3-13(4-6-14)20-12(2)22/h3-10H,1-2H3,(H,20,22). The van der Waals surface area contributed by atoms with Gasteiger partial charge in [0.05, 0.1) is 0 Å². The lowest BCUT2D eigenvalue weighted by Gasteiger charge is -2.09. The van der Waals surface area contributed by atoms with E-state index in [-0.39, 0.29) is 5.91 Å². The number of carbonyl (C=O) groups excluding carboxylic acids is 1. The van der Waals surface area contributed by atoms with Crippen molar-refractivity contribution in [2.24, 2.45) is 0 Å². The minimum absolute atomic E-state index is 0.116. The normalized spacial score (nSPS) is 10.3. The molecule has 0 spiro atoms. The first kappa shape index (κ1) is 14.7. The predicted octanol–water partition coefficient (Wildman–Crippen LogP) is 2.72. The van der Waals surface area contributed by atoms with E-state index in [0.717, 1.165) is 0 Å². The second kappa shape index (κ2) is 6.27. The number of nitrogens with one attached hydrogen (secondary N) is 1. The number of benzene rings is 1. The Labute approximate surface area is 133 Å². The number of anilines is 1. The van der Waals surface area contributed by atoms with Gasteiger partial charge in [0.15, 0.2) is 0 Å². The molecule has 0 saturated carbocycles. The third-order valence-corrected chi connectivity index (χ3v) is 2.97. The van der Waals surface area contributed by atoms with Crippen LogP contribution in [0.1, 0.15) is 12.7 Å². The van der Waals surface area contributed by atoms with Gasteiger partial charge < -0.3 is 10.1 Å². The number of aryl methyl sites for hydroxylation is 1. The van der Waals surface area contributed by atoms with Crippen LogP contribution in [0.4, 0.5) is 5.69 Å². The van der Waals surface area contributed by atoms with E-state index in [1.807, 2.05) is 0 Å². The number of rotatable bonds is 4. The lowest BCUT2D eigenvalue weighted by molar-refractivity contribution is -0.114. The van der Waals surface area contributed by atoms with E-state index in [2.05, 4.69) is 20.3 Å². The number of amides is 1. The van der Waals surface area contributed by atoms with Gasteiger partial charge in [0, 0.05) is 31.1 Å². The van der Waals surface area contributed by atoms with Crippen LogP contribution in [0, 0.1) is 6.92 Å². The van der Waals surface area contributed by atoms with E-state index in [1.165, 1.54) is 6.92 Å². The molecule has 0 bridgehead atoms. The van der Waals surface area contributed by atoms with Crippen molar-refractivity contribution in [3.63, 3.8) is 0 Å². The van der Waals surface area contributed by atoms with Gasteiger partial charge in [-0.1, -0.05) is 0 Å². The molecule has 3 aromatic rings. The van der Waals surface area contributed by atoms with Gasteiger partial charge in [-0.25, -0.2) is 9.97 Å². The fourth-order valence-electron chi connectivity index (χ4n) is 2.03. The third-order valence-electron chi connectivity index (χ3n) is 2.97. The molecule has 1 N–H and O–H groups in total. The van der Waals surface area contributed by atoms with E-state index in [4.69, 9.17) is 4.74 Å². The van der Waals surface area contributed by atoms with Crippen LogP contribution in [0.5, 0.6) is 11.6 Å². The van der Waals surface area contributed by atoms with Crippen LogP contribution >= 0.6 is 0 Å². The van der Waals surface area contributed by atoms with Crippen molar-refractivity contribution in [3.05, 3.63) is 54.9 Å². The number of nitrogens with zero attached hydrogens (tertiary/aromatic N) is 4. The highest BCUT2D eigenvalue weighted by molar-refractivity contribution is 5.88. The van der Waals surface area contributed by atoms with E-state index in [1.54, 1.807) is 60.5 Å². The summed E-state index contributed by atoms with van der Waals surface area (Å²) in [7, 11) is 0. The molecule has 0 aliphatic carbocycles. The highest BCUT2D eigenvalue weighted by Gasteiger charge is 2.06. The summed E-state index contributed by atoms with van der Waals surface area (Å²) in [5, 5.41) is 2.70. The number of hydrogen-bond donors (Lipinski definition) is 1. The van der Waals surface area contributed by atoms with Crippen LogP contribution in [-0.2, 0) is 4.79 Å². The van der Waals surface area contributed by atoms with Gasteiger partial charge >= 0.3 is 0 Å². The summed E-state index contributed by atoms with van der Waals surface area (Å²) in [6.07, 6.45) is 5.14. The van der Waals surface area contributed by atoms with E-state index >= 15 is 0 Å². The monoisotopic (exact) mass is 309 g/mol. The van der Waals surface area contributed by atoms with Gasteiger partial charge in [-0.2, -0.15) is 4.98 Å². The number of aromatic nitrogens is 4. The van der Waals surface area contributed by atoms with Gasteiger partial charge in [0.2, 0.25) is 11.8 Å². The molecule has 1 aromatic carbocycles. The van der Waals surface area contributed by atoms with Crippen LogP contribution in [0.3, 0.4) is 0 Å². The maximum absolute atomic E-state index is 11.0. The fourth-order valence-corrected chi connectivity index (χ4v) is 2.03. The number of hydrogen-bond acceptors (Lipinski definition) is 5. The van der Waals surface area contributed by atoms with Crippen molar-refractivity contribution in [2.75, 3.05) is 5.32 Å². The lowest BCUT2D eigenvalue weighted by atomic mass is 10.3. The van der Waals surface area contributed by atoms with Gasteiger partial charge in [-0.05, 0) is 31.2 Å². The zero-order chi connectivity index (χ0) is 16.2. The molecule has 0 saturated heterocycles. The Kier molecular flexibility index (Phi) is 4.01. The summed E-state index contributed by atoms with van der Waals surface area (Å²) < 4.78 is 7.54. The average Bonchev–Trinajstić information content (AvgIpc) is 3.02. The van der Waals surface area contributed by atoms with E-state index in [0.29, 0.717) is 29.0 Å². The molecule has 0 aliphatic rings. The highest BCUT2D eigenvalue weighted by Crippen LogP contribution is 2.23. The van der Waals surface area contributed by atoms with Crippen molar-refractivity contribution in [1.82, 2.24) is 19.5 Å². The molecular weight excluding hydrogens is 294 g/mol. The van der Waals surface area contributed by atoms with Crippen molar-refractivity contribution in [3.8, 4) is 17.4 Å². The Morgan fingerprint density at radius 3 is 2.65 bits per heavy atom. The fraction of sp³-hybridized carbons (Fsp3) is 0.125. The molecule has 23 heavy (non-hydrogen) atoms. The number of imidazole rings is 1. The minimum Gasteiger partial charge on any atom is -0.439 e. The Balaban J connectivity index is 1.81. The maximum atomic E-state index is 11.0. The number of ether oxygens (including phenoxy) is 1. The number of carbonyl (C=O) groups is 1. The van der Waals surface area contributed by atoms with Crippen molar-refractivity contribution < 1.29 is 9.53 Å². The van der Waals surface area contributed by atoms with Gasteiger partial charge in [0.25, 0.3) is 0 Å². The lowest BCUT2D eigenvalue weighted by Crippen LogP contribution is -2.05. The molecule has 7 nitrogen and oxygen atoms in total. The quantitative estimate of drug-likeness (QED) is 0.801. The smallest absolute Gasteiger partial charge is 0.224 e. The molecule has 0 fully saturated rings. The topological polar surface area (TPSA) is 81.9 Å². The molecule has 2 heterocycles. The SMILES string of the molecule is CC(=O)Nc1ccc(Oc2cc(-n3ccnc3)nc(C)n2)cc1. The van der Waals surface area contributed by atoms with E-state index in [9.17, 15) is 4.79 Å². The zero-order valence-corrected chi connectivity index (χ0v) is 12.7. The molecule has 1 amide bonds. The van der Waals surface area contributed by atoms with Crippen LogP contribution in [0.2, 0.25) is 0 Å². The van der Waals surface area contributed by atoms with Crippen LogP contribution in [0.15, 0.2) is 49.1 Å². The van der Waals surface area contributed by atoms with Gasteiger partial charge in [-0.15, -0.1) is 0 Å². The summed E-state index contributed by atoms with van der Waals surface area (Å²) in [5.74, 6) is 2.22. The van der Waals surface area contributed by atoms with Crippen LogP contribution in [-0.4, -0.2) is 25.4 Å². The third kappa shape index (κ3) is 3.70. The Morgan fingerprint density at radius 1 is 1.22 bits per heavy atom. The molecule has 0 atom stereocenters.